The summed E-state index contributed by atoms with van der Waals surface area (Å²) in [6.07, 6.45) is 1.93. The highest BCUT2D eigenvalue weighted by molar-refractivity contribution is 7.93. The Labute approximate surface area is 125 Å². The molecule has 1 aromatic carbocycles. The predicted octanol–water partition coefficient (Wildman–Crippen LogP) is 1.01. The SMILES string of the molecule is CS(=O)(=O)c1ccccc1S(=O)(=O)N1CCC(C#N)CC1. The molecule has 1 aliphatic rings. The maximum Gasteiger partial charge on any atom is 0.244 e. The van der Waals surface area contributed by atoms with Gasteiger partial charge in [0.25, 0.3) is 0 Å². The average Bonchev–Trinajstić information content (AvgIpc) is 2.46. The third-order valence-corrected chi connectivity index (χ3v) is 6.74. The van der Waals surface area contributed by atoms with E-state index >= 15 is 0 Å². The molecule has 2 rings (SSSR count). The van der Waals surface area contributed by atoms with Crippen LogP contribution in [-0.4, -0.2) is 40.5 Å². The van der Waals surface area contributed by atoms with Crippen LogP contribution in [0.5, 0.6) is 0 Å². The molecule has 0 bridgehead atoms. The van der Waals surface area contributed by atoms with E-state index in [9.17, 15) is 16.8 Å². The van der Waals surface area contributed by atoms with E-state index in [0.717, 1.165) is 6.26 Å². The van der Waals surface area contributed by atoms with E-state index in [-0.39, 0.29) is 28.8 Å². The van der Waals surface area contributed by atoms with E-state index in [1.54, 1.807) is 0 Å². The van der Waals surface area contributed by atoms with Crippen molar-refractivity contribution >= 4 is 19.9 Å². The van der Waals surface area contributed by atoms with Crippen LogP contribution >= 0.6 is 0 Å². The molecule has 1 aliphatic heterocycles. The number of hydrogen-bond acceptors (Lipinski definition) is 5. The first-order chi connectivity index (χ1) is 9.76. The van der Waals surface area contributed by atoms with Crippen molar-refractivity contribution in [3.63, 3.8) is 0 Å². The van der Waals surface area contributed by atoms with E-state index in [4.69, 9.17) is 5.26 Å². The summed E-state index contributed by atoms with van der Waals surface area (Å²) in [6.45, 7) is 0.470. The molecule has 0 N–H and O–H groups in total. The van der Waals surface area contributed by atoms with Gasteiger partial charge < -0.3 is 0 Å². The van der Waals surface area contributed by atoms with Crippen molar-refractivity contribution in [1.29, 1.82) is 5.26 Å². The van der Waals surface area contributed by atoms with Gasteiger partial charge in [-0.3, -0.25) is 0 Å². The zero-order chi connectivity index (χ0) is 15.7. The molecule has 1 heterocycles. The number of sulfonamides is 1. The number of sulfone groups is 1. The first kappa shape index (κ1) is 15.9. The normalized spacial score (nSPS) is 18.3. The summed E-state index contributed by atoms with van der Waals surface area (Å²) >= 11 is 0. The van der Waals surface area contributed by atoms with Gasteiger partial charge in [0.1, 0.15) is 4.90 Å². The topological polar surface area (TPSA) is 95.3 Å². The van der Waals surface area contributed by atoms with E-state index in [2.05, 4.69) is 6.07 Å². The zero-order valence-electron chi connectivity index (χ0n) is 11.6. The standard InChI is InChI=1S/C13H16N2O4S2/c1-20(16,17)12-4-2-3-5-13(12)21(18,19)15-8-6-11(10-14)7-9-15/h2-5,11H,6-9H2,1H3. The number of piperidine rings is 1. The first-order valence-corrected chi connectivity index (χ1v) is 9.79. The summed E-state index contributed by atoms with van der Waals surface area (Å²) in [5, 5.41) is 8.85. The molecule has 8 heteroatoms. The van der Waals surface area contributed by atoms with Crippen LogP contribution in [0.3, 0.4) is 0 Å². The lowest BCUT2D eigenvalue weighted by atomic mass is 10.0. The predicted molar refractivity (Wildman–Crippen MR) is 76.6 cm³/mol. The Balaban J connectivity index is 2.41. The minimum Gasteiger partial charge on any atom is -0.224 e. The Bertz CT molecular complexity index is 771. The molecule has 0 aliphatic carbocycles. The van der Waals surface area contributed by atoms with Crippen LogP contribution in [-0.2, 0) is 19.9 Å². The van der Waals surface area contributed by atoms with Crippen molar-refractivity contribution < 1.29 is 16.8 Å². The second-order valence-corrected chi connectivity index (χ2v) is 8.92. The summed E-state index contributed by atoms with van der Waals surface area (Å²) < 4.78 is 50.0. The number of hydrogen-bond donors (Lipinski definition) is 0. The number of nitrogens with zero attached hydrogens (tertiary/aromatic N) is 2. The molecule has 0 aromatic heterocycles. The van der Waals surface area contributed by atoms with E-state index in [0.29, 0.717) is 12.8 Å². The van der Waals surface area contributed by atoms with E-state index in [1.165, 1.54) is 28.6 Å². The van der Waals surface area contributed by atoms with Crippen molar-refractivity contribution in [2.75, 3.05) is 19.3 Å². The summed E-state index contributed by atoms with van der Waals surface area (Å²) in [5.41, 5.74) is 0. The average molecular weight is 328 g/mol. The van der Waals surface area contributed by atoms with Gasteiger partial charge in [-0.2, -0.15) is 9.57 Å². The molecule has 0 unspecified atom stereocenters. The van der Waals surface area contributed by atoms with Crippen LogP contribution < -0.4 is 0 Å². The van der Waals surface area contributed by atoms with Crippen molar-refractivity contribution in [2.24, 2.45) is 5.92 Å². The highest BCUT2D eigenvalue weighted by Gasteiger charge is 2.32. The van der Waals surface area contributed by atoms with Gasteiger partial charge in [0, 0.05) is 25.3 Å². The van der Waals surface area contributed by atoms with Crippen LogP contribution in [0.1, 0.15) is 12.8 Å². The molecule has 114 valence electrons. The molecule has 0 spiro atoms. The molecular weight excluding hydrogens is 312 g/mol. The second-order valence-electron chi connectivity index (χ2n) is 5.03. The molecular formula is C13H16N2O4S2. The highest BCUT2D eigenvalue weighted by Crippen LogP contribution is 2.27. The van der Waals surface area contributed by atoms with Crippen LogP contribution in [0.15, 0.2) is 34.1 Å². The lowest BCUT2D eigenvalue weighted by molar-refractivity contribution is 0.309. The molecule has 1 aromatic rings. The van der Waals surface area contributed by atoms with Gasteiger partial charge in [-0.25, -0.2) is 16.8 Å². The summed E-state index contributed by atoms with van der Waals surface area (Å²) in [4.78, 5) is -0.379. The minimum atomic E-state index is -3.86. The maximum absolute atomic E-state index is 12.6. The minimum absolute atomic E-state index is 0.137. The zero-order valence-corrected chi connectivity index (χ0v) is 13.2. The Kier molecular flexibility index (Phi) is 4.37. The number of nitriles is 1. The van der Waals surface area contributed by atoms with Gasteiger partial charge in [-0.1, -0.05) is 12.1 Å². The van der Waals surface area contributed by atoms with E-state index in [1.807, 2.05) is 0 Å². The lowest BCUT2D eigenvalue weighted by Crippen LogP contribution is -2.38. The first-order valence-electron chi connectivity index (χ1n) is 6.45. The van der Waals surface area contributed by atoms with Gasteiger partial charge in [0.05, 0.1) is 11.0 Å². The smallest absolute Gasteiger partial charge is 0.224 e. The fourth-order valence-electron chi connectivity index (χ4n) is 2.33. The Hall–Kier alpha value is -1.43. The fourth-order valence-corrected chi connectivity index (χ4v) is 5.41. The summed E-state index contributed by atoms with van der Waals surface area (Å²) in [7, 11) is -7.49. The maximum atomic E-state index is 12.6. The Morgan fingerprint density at radius 2 is 1.62 bits per heavy atom. The van der Waals surface area contributed by atoms with Crippen molar-refractivity contribution in [2.45, 2.75) is 22.6 Å². The molecule has 6 nitrogen and oxygen atoms in total. The van der Waals surface area contributed by atoms with Crippen LogP contribution in [0, 0.1) is 17.2 Å². The lowest BCUT2D eigenvalue weighted by Gasteiger charge is -2.28. The fraction of sp³-hybridized carbons (Fsp3) is 0.462. The van der Waals surface area contributed by atoms with Gasteiger partial charge in [0.2, 0.25) is 10.0 Å². The van der Waals surface area contributed by atoms with E-state index < -0.39 is 19.9 Å². The molecule has 0 amide bonds. The van der Waals surface area contributed by atoms with Gasteiger partial charge in [-0.15, -0.1) is 0 Å². The van der Waals surface area contributed by atoms with Gasteiger partial charge in [0.15, 0.2) is 9.84 Å². The third kappa shape index (κ3) is 3.26. The van der Waals surface area contributed by atoms with Crippen molar-refractivity contribution in [1.82, 2.24) is 4.31 Å². The summed E-state index contributed by atoms with van der Waals surface area (Å²) in [5.74, 6) is -0.137. The van der Waals surface area contributed by atoms with Gasteiger partial charge >= 0.3 is 0 Å². The quantitative estimate of drug-likeness (QED) is 0.825. The number of rotatable bonds is 3. The van der Waals surface area contributed by atoms with Crippen LogP contribution in [0.4, 0.5) is 0 Å². The molecule has 1 saturated heterocycles. The molecule has 0 radical (unpaired) electrons. The molecule has 1 fully saturated rings. The van der Waals surface area contributed by atoms with Gasteiger partial charge in [-0.05, 0) is 25.0 Å². The molecule has 0 atom stereocenters. The Morgan fingerprint density at radius 3 is 2.10 bits per heavy atom. The van der Waals surface area contributed by atoms with Crippen molar-refractivity contribution in [3.8, 4) is 6.07 Å². The molecule has 0 saturated carbocycles. The molecule has 21 heavy (non-hydrogen) atoms. The second kappa shape index (κ2) is 5.75. The largest absolute Gasteiger partial charge is 0.244 e. The third-order valence-electron chi connectivity index (χ3n) is 3.50. The summed E-state index contributed by atoms with van der Waals surface area (Å²) in [6, 6.07) is 7.74. The monoisotopic (exact) mass is 328 g/mol. The van der Waals surface area contributed by atoms with Crippen molar-refractivity contribution in [3.05, 3.63) is 24.3 Å². The Morgan fingerprint density at radius 1 is 1.10 bits per heavy atom. The highest BCUT2D eigenvalue weighted by atomic mass is 32.2. The van der Waals surface area contributed by atoms with Crippen LogP contribution in [0.25, 0.3) is 0 Å². The number of benzene rings is 1. The van der Waals surface area contributed by atoms with Crippen LogP contribution in [0.2, 0.25) is 0 Å².